The summed E-state index contributed by atoms with van der Waals surface area (Å²) in [7, 11) is 0. The van der Waals surface area contributed by atoms with E-state index >= 15 is 0 Å². The van der Waals surface area contributed by atoms with Crippen molar-refractivity contribution >= 4 is 17.3 Å². The van der Waals surface area contributed by atoms with Crippen molar-refractivity contribution in [3.05, 3.63) is 59.2 Å². The standard InChI is InChI=1S/C23H31N3O/c1-4-25-12-14-26(15-13-25)21-9-10-22(19(3)17-21)24-23(27)11-8-20-7-5-6-18(2)16-20/h5-7,9-10,16-17H,4,8,11-15H2,1-3H3,(H,24,27). The minimum absolute atomic E-state index is 0.0731. The number of carbonyl (C=O) groups is 1. The number of rotatable bonds is 6. The predicted octanol–water partition coefficient (Wildman–Crippen LogP) is 4.02. The van der Waals surface area contributed by atoms with Gasteiger partial charge in [-0.25, -0.2) is 0 Å². The van der Waals surface area contributed by atoms with Crippen LogP contribution in [0.2, 0.25) is 0 Å². The van der Waals surface area contributed by atoms with Crippen molar-refractivity contribution in [3.8, 4) is 0 Å². The molecule has 1 aliphatic heterocycles. The summed E-state index contributed by atoms with van der Waals surface area (Å²) in [6.07, 6.45) is 1.27. The molecule has 1 N–H and O–H groups in total. The van der Waals surface area contributed by atoms with Crippen LogP contribution >= 0.6 is 0 Å². The predicted molar refractivity (Wildman–Crippen MR) is 114 cm³/mol. The molecule has 1 fully saturated rings. The first kappa shape index (κ1) is 19.4. The van der Waals surface area contributed by atoms with E-state index in [0.717, 1.165) is 50.4 Å². The Hall–Kier alpha value is -2.33. The van der Waals surface area contributed by atoms with E-state index in [1.807, 2.05) is 12.1 Å². The summed E-state index contributed by atoms with van der Waals surface area (Å²) in [5.74, 6) is 0.0731. The average molecular weight is 366 g/mol. The Labute approximate surface area is 163 Å². The number of carbonyl (C=O) groups excluding carboxylic acids is 1. The van der Waals surface area contributed by atoms with Gasteiger partial charge in [-0.3, -0.25) is 4.79 Å². The van der Waals surface area contributed by atoms with Crippen molar-refractivity contribution < 1.29 is 4.79 Å². The number of aryl methyl sites for hydroxylation is 3. The van der Waals surface area contributed by atoms with Crippen LogP contribution in [0.3, 0.4) is 0 Å². The lowest BCUT2D eigenvalue weighted by atomic mass is 10.1. The summed E-state index contributed by atoms with van der Waals surface area (Å²) in [5.41, 5.74) is 5.73. The minimum atomic E-state index is 0.0731. The second-order valence-electron chi connectivity index (χ2n) is 7.46. The number of hydrogen-bond donors (Lipinski definition) is 1. The number of benzene rings is 2. The Morgan fingerprint density at radius 3 is 2.48 bits per heavy atom. The lowest BCUT2D eigenvalue weighted by molar-refractivity contribution is -0.116. The van der Waals surface area contributed by atoms with Crippen molar-refractivity contribution in [2.75, 3.05) is 42.9 Å². The highest BCUT2D eigenvalue weighted by atomic mass is 16.1. The molecule has 0 aliphatic carbocycles. The Kier molecular flexibility index (Phi) is 6.51. The first-order valence-electron chi connectivity index (χ1n) is 9.98. The Balaban J connectivity index is 1.55. The maximum atomic E-state index is 12.4. The number of hydrogen-bond acceptors (Lipinski definition) is 3. The van der Waals surface area contributed by atoms with Crippen LogP contribution in [0, 0.1) is 13.8 Å². The summed E-state index contributed by atoms with van der Waals surface area (Å²) >= 11 is 0. The average Bonchev–Trinajstić information content (AvgIpc) is 2.68. The van der Waals surface area contributed by atoms with Crippen molar-refractivity contribution in [1.82, 2.24) is 4.90 Å². The lowest BCUT2D eigenvalue weighted by Crippen LogP contribution is -2.46. The molecule has 2 aromatic carbocycles. The summed E-state index contributed by atoms with van der Waals surface area (Å²) in [4.78, 5) is 17.3. The second-order valence-corrected chi connectivity index (χ2v) is 7.46. The van der Waals surface area contributed by atoms with Crippen LogP contribution in [0.5, 0.6) is 0 Å². The van der Waals surface area contributed by atoms with Gasteiger partial charge in [0.25, 0.3) is 0 Å². The molecule has 1 aliphatic rings. The molecule has 0 spiro atoms. The van der Waals surface area contributed by atoms with Gasteiger partial charge in [-0.15, -0.1) is 0 Å². The zero-order chi connectivity index (χ0) is 19.2. The molecule has 4 heteroatoms. The van der Waals surface area contributed by atoms with Gasteiger partial charge in [0.1, 0.15) is 0 Å². The number of nitrogens with zero attached hydrogens (tertiary/aromatic N) is 2. The number of amides is 1. The Morgan fingerprint density at radius 2 is 1.81 bits per heavy atom. The molecule has 3 rings (SSSR count). The highest BCUT2D eigenvalue weighted by molar-refractivity contribution is 5.91. The summed E-state index contributed by atoms with van der Waals surface area (Å²) in [5, 5.41) is 3.08. The lowest BCUT2D eigenvalue weighted by Gasteiger charge is -2.35. The van der Waals surface area contributed by atoms with Crippen LogP contribution in [0.1, 0.15) is 30.0 Å². The number of piperazine rings is 1. The molecule has 27 heavy (non-hydrogen) atoms. The van der Waals surface area contributed by atoms with E-state index in [2.05, 4.69) is 66.2 Å². The van der Waals surface area contributed by atoms with Gasteiger partial charge in [0.15, 0.2) is 0 Å². The molecular weight excluding hydrogens is 334 g/mol. The van der Waals surface area contributed by atoms with E-state index < -0.39 is 0 Å². The van der Waals surface area contributed by atoms with Crippen molar-refractivity contribution in [2.24, 2.45) is 0 Å². The van der Waals surface area contributed by atoms with Gasteiger partial charge < -0.3 is 15.1 Å². The fourth-order valence-electron chi connectivity index (χ4n) is 3.65. The van der Waals surface area contributed by atoms with Gasteiger partial charge in [0, 0.05) is 44.0 Å². The second kappa shape index (κ2) is 9.05. The van der Waals surface area contributed by atoms with Gasteiger partial charge >= 0.3 is 0 Å². The molecular formula is C23H31N3O. The normalized spacial score (nSPS) is 15.0. The molecule has 0 radical (unpaired) electrons. The van der Waals surface area contributed by atoms with Gasteiger partial charge in [0.2, 0.25) is 5.91 Å². The van der Waals surface area contributed by atoms with E-state index in [1.165, 1.54) is 16.8 Å². The highest BCUT2D eigenvalue weighted by Crippen LogP contribution is 2.24. The summed E-state index contributed by atoms with van der Waals surface area (Å²) in [6, 6.07) is 14.7. The maximum Gasteiger partial charge on any atom is 0.224 e. The largest absolute Gasteiger partial charge is 0.369 e. The molecule has 144 valence electrons. The molecule has 1 saturated heterocycles. The molecule has 0 atom stereocenters. The maximum absolute atomic E-state index is 12.4. The number of likely N-dealkylation sites (N-methyl/N-ethyl adjacent to an activating group) is 1. The van der Waals surface area contributed by atoms with Gasteiger partial charge in [-0.2, -0.15) is 0 Å². The topological polar surface area (TPSA) is 35.6 Å². The van der Waals surface area contributed by atoms with Crippen molar-refractivity contribution in [2.45, 2.75) is 33.6 Å². The third-order valence-electron chi connectivity index (χ3n) is 5.39. The van der Waals surface area contributed by atoms with E-state index in [-0.39, 0.29) is 5.91 Å². The van der Waals surface area contributed by atoms with Crippen LogP contribution in [-0.4, -0.2) is 43.5 Å². The molecule has 4 nitrogen and oxygen atoms in total. The zero-order valence-electron chi connectivity index (χ0n) is 16.8. The highest BCUT2D eigenvalue weighted by Gasteiger charge is 2.16. The van der Waals surface area contributed by atoms with E-state index in [0.29, 0.717) is 6.42 Å². The van der Waals surface area contributed by atoms with Crippen LogP contribution < -0.4 is 10.2 Å². The molecule has 0 unspecified atom stereocenters. The molecule has 1 amide bonds. The SMILES string of the molecule is CCN1CCN(c2ccc(NC(=O)CCc3cccc(C)c3)c(C)c2)CC1. The van der Waals surface area contributed by atoms with Crippen LogP contribution in [-0.2, 0) is 11.2 Å². The van der Waals surface area contributed by atoms with Crippen molar-refractivity contribution in [3.63, 3.8) is 0 Å². The summed E-state index contributed by atoms with van der Waals surface area (Å²) in [6.45, 7) is 11.9. The quantitative estimate of drug-likeness (QED) is 0.840. The van der Waals surface area contributed by atoms with Gasteiger partial charge in [-0.1, -0.05) is 36.8 Å². The first-order valence-corrected chi connectivity index (χ1v) is 9.98. The minimum Gasteiger partial charge on any atom is -0.369 e. The monoisotopic (exact) mass is 365 g/mol. The van der Waals surface area contributed by atoms with Gasteiger partial charge in [0.05, 0.1) is 0 Å². The third-order valence-corrected chi connectivity index (χ3v) is 5.39. The first-order chi connectivity index (χ1) is 13.0. The number of anilines is 2. The van der Waals surface area contributed by atoms with Crippen LogP contribution in [0.4, 0.5) is 11.4 Å². The molecule has 0 saturated carbocycles. The summed E-state index contributed by atoms with van der Waals surface area (Å²) < 4.78 is 0. The number of nitrogens with one attached hydrogen (secondary N) is 1. The van der Waals surface area contributed by atoms with Crippen LogP contribution in [0.15, 0.2) is 42.5 Å². The smallest absolute Gasteiger partial charge is 0.224 e. The molecule has 2 aromatic rings. The van der Waals surface area contributed by atoms with E-state index in [1.54, 1.807) is 0 Å². The molecule has 0 bridgehead atoms. The van der Waals surface area contributed by atoms with E-state index in [4.69, 9.17) is 0 Å². The fourth-order valence-corrected chi connectivity index (χ4v) is 3.65. The molecule has 0 aromatic heterocycles. The fraction of sp³-hybridized carbons (Fsp3) is 0.435. The zero-order valence-corrected chi connectivity index (χ0v) is 16.8. The van der Waals surface area contributed by atoms with Crippen molar-refractivity contribution in [1.29, 1.82) is 0 Å². The van der Waals surface area contributed by atoms with Gasteiger partial charge in [-0.05, 0) is 56.1 Å². The third kappa shape index (κ3) is 5.33. The van der Waals surface area contributed by atoms with E-state index in [9.17, 15) is 4.79 Å². The Bertz CT molecular complexity index is 779. The van der Waals surface area contributed by atoms with Crippen LogP contribution in [0.25, 0.3) is 0 Å². The Morgan fingerprint density at radius 1 is 1.04 bits per heavy atom. The molecule has 1 heterocycles.